The summed E-state index contributed by atoms with van der Waals surface area (Å²) in [5, 5.41) is 3.50. The maximum absolute atomic E-state index is 4.34. The summed E-state index contributed by atoms with van der Waals surface area (Å²) in [6.07, 6.45) is 6.41. The van der Waals surface area contributed by atoms with E-state index in [2.05, 4.69) is 49.0 Å². The Balaban J connectivity index is 2.06. The van der Waals surface area contributed by atoms with Crippen LogP contribution in [-0.2, 0) is 6.54 Å². The summed E-state index contributed by atoms with van der Waals surface area (Å²) in [6.45, 7) is 13.6. The van der Waals surface area contributed by atoms with E-state index in [0.29, 0.717) is 5.41 Å². The number of nitrogens with one attached hydrogen (secondary N) is 1. The van der Waals surface area contributed by atoms with Gasteiger partial charge in [-0.25, -0.2) is 0 Å². The molecule has 1 fully saturated rings. The lowest BCUT2D eigenvalue weighted by atomic mass is 9.80. The largest absolute Gasteiger partial charge is 0.370 e. The van der Waals surface area contributed by atoms with Crippen molar-refractivity contribution in [1.82, 2.24) is 10.3 Å². The Morgan fingerprint density at radius 2 is 2.20 bits per heavy atom. The molecule has 2 rings (SSSR count). The number of rotatable bonds is 5. The molecule has 1 N–H and O–H groups in total. The van der Waals surface area contributed by atoms with Crippen molar-refractivity contribution in [1.29, 1.82) is 0 Å². The Morgan fingerprint density at radius 1 is 1.40 bits per heavy atom. The SMILES string of the molecule is CCCNCc1ccncc1N1CCC(C(C)(C)C)C1. The van der Waals surface area contributed by atoms with Crippen LogP contribution in [0.5, 0.6) is 0 Å². The Hall–Kier alpha value is -1.09. The third kappa shape index (κ3) is 3.72. The molecule has 0 amide bonds. The molecule has 1 atom stereocenters. The van der Waals surface area contributed by atoms with Gasteiger partial charge in [0.1, 0.15) is 0 Å². The van der Waals surface area contributed by atoms with Crippen molar-refractivity contribution in [3.8, 4) is 0 Å². The zero-order valence-electron chi connectivity index (χ0n) is 13.4. The van der Waals surface area contributed by atoms with Crippen LogP contribution >= 0.6 is 0 Å². The predicted octanol–water partition coefficient (Wildman–Crippen LogP) is 3.45. The highest BCUT2D eigenvalue weighted by Crippen LogP contribution is 2.36. The molecule has 0 saturated carbocycles. The first-order chi connectivity index (χ1) is 9.52. The van der Waals surface area contributed by atoms with Crippen LogP contribution in [0.25, 0.3) is 0 Å². The van der Waals surface area contributed by atoms with Crippen molar-refractivity contribution in [2.75, 3.05) is 24.5 Å². The van der Waals surface area contributed by atoms with E-state index in [4.69, 9.17) is 0 Å². The fraction of sp³-hybridized carbons (Fsp3) is 0.706. The second-order valence-corrected chi connectivity index (χ2v) is 6.98. The lowest BCUT2D eigenvalue weighted by molar-refractivity contribution is 0.263. The van der Waals surface area contributed by atoms with E-state index in [9.17, 15) is 0 Å². The monoisotopic (exact) mass is 275 g/mol. The fourth-order valence-corrected chi connectivity index (χ4v) is 2.93. The Kier molecular flexibility index (Phi) is 5.03. The molecule has 3 heteroatoms. The molecule has 1 aliphatic rings. The first-order valence-corrected chi connectivity index (χ1v) is 7.91. The summed E-state index contributed by atoms with van der Waals surface area (Å²) < 4.78 is 0. The average molecular weight is 275 g/mol. The quantitative estimate of drug-likeness (QED) is 0.834. The summed E-state index contributed by atoms with van der Waals surface area (Å²) in [6, 6.07) is 2.16. The van der Waals surface area contributed by atoms with Gasteiger partial charge in [-0.15, -0.1) is 0 Å². The molecular formula is C17H29N3. The van der Waals surface area contributed by atoms with Crippen LogP contribution in [0.15, 0.2) is 18.5 Å². The molecular weight excluding hydrogens is 246 g/mol. The maximum Gasteiger partial charge on any atom is 0.0598 e. The van der Waals surface area contributed by atoms with Crippen LogP contribution in [0.2, 0.25) is 0 Å². The maximum atomic E-state index is 4.34. The molecule has 1 saturated heterocycles. The van der Waals surface area contributed by atoms with E-state index in [1.165, 1.54) is 24.1 Å². The van der Waals surface area contributed by atoms with Gasteiger partial charge in [0, 0.05) is 25.8 Å². The number of hydrogen-bond acceptors (Lipinski definition) is 3. The number of nitrogens with zero attached hydrogens (tertiary/aromatic N) is 2. The molecule has 112 valence electrons. The van der Waals surface area contributed by atoms with E-state index in [1.54, 1.807) is 0 Å². The second kappa shape index (κ2) is 6.57. The van der Waals surface area contributed by atoms with Gasteiger partial charge in [-0.05, 0) is 42.3 Å². The standard InChI is InChI=1S/C17H29N3/c1-5-8-18-11-14-6-9-19-12-16(14)20-10-7-15(13-20)17(2,3)4/h6,9,12,15,18H,5,7-8,10-11,13H2,1-4H3. The topological polar surface area (TPSA) is 28.2 Å². The highest BCUT2D eigenvalue weighted by molar-refractivity contribution is 5.52. The fourth-order valence-electron chi connectivity index (χ4n) is 2.93. The van der Waals surface area contributed by atoms with Crippen molar-refractivity contribution >= 4 is 5.69 Å². The van der Waals surface area contributed by atoms with Crippen LogP contribution in [0, 0.1) is 11.3 Å². The summed E-state index contributed by atoms with van der Waals surface area (Å²) in [5.41, 5.74) is 3.10. The smallest absolute Gasteiger partial charge is 0.0598 e. The molecule has 2 heterocycles. The molecule has 1 unspecified atom stereocenters. The van der Waals surface area contributed by atoms with Crippen LogP contribution in [0.4, 0.5) is 5.69 Å². The Morgan fingerprint density at radius 3 is 2.85 bits per heavy atom. The first kappa shape index (κ1) is 15.3. The van der Waals surface area contributed by atoms with Crippen LogP contribution < -0.4 is 10.2 Å². The van der Waals surface area contributed by atoms with Crippen molar-refractivity contribution < 1.29 is 0 Å². The normalized spacial score (nSPS) is 19.6. The molecule has 1 aromatic heterocycles. The van der Waals surface area contributed by atoms with E-state index < -0.39 is 0 Å². The van der Waals surface area contributed by atoms with Gasteiger partial charge in [-0.3, -0.25) is 4.98 Å². The minimum absolute atomic E-state index is 0.400. The van der Waals surface area contributed by atoms with E-state index >= 15 is 0 Å². The van der Waals surface area contributed by atoms with E-state index in [1.807, 2.05) is 12.4 Å². The van der Waals surface area contributed by atoms with Gasteiger partial charge < -0.3 is 10.2 Å². The molecule has 0 bridgehead atoms. The first-order valence-electron chi connectivity index (χ1n) is 7.91. The molecule has 1 aromatic rings. The Bertz CT molecular complexity index is 422. The summed E-state index contributed by atoms with van der Waals surface area (Å²) >= 11 is 0. The van der Waals surface area contributed by atoms with Crippen molar-refractivity contribution in [3.05, 3.63) is 24.0 Å². The Labute approximate surface area is 123 Å². The number of hydrogen-bond donors (Lipinski definition) is 1. The molecule has 1 aliphatic heterocycles. The molecule has 0 aliphatic carbocycles. The van der Waals surface area contributed by atoms with Gasteiger partial charge in [0.05, 0.1) is 11.9 Å². The molecule has 0 aromatic carbocycles. The third-order valence-corrected chi connectivity index (χ3v) is 4.38. The highest BCUT2D eigenvalue weighted by Gasteiger charge is 2.32. The van der Waals surface area contributed by atoms with Gasteiger partial charge in [-0.1, -0.05) is 27.7 Å². The zero-order valence-corrected chi connectivity index (χ0v) is 13.4. The lowest BCUT2D eigenvalue weighted by Crippen LogP contribution is -2.27. The van der Waals surface area contributed by atoms with Crippen molar-refractivity contribution in [2.24, 2.45) is 11.3 Å². The van der Waals surface area contributed by atoms with Crippen molar-refractivity contribution in [3.63, 3.8) is 0 Å². The second-order valence-electron chi connectivity index (χ2n) is 6.98. The van der Waals surface area contributed by atoms with Crippen molar-refractivity contribution in [2.45, 2.75) is 47.1 Å². The van der Waals surface area contributed by atoms with Crippen LogP contribution in [-0.4, -0.2) is 24.6 Å². The van der Waals surface area contributed by atoms with Gasteiger partial charge in [0.25, 0.3) is 0 Å². The summed E-state index contributed by atoms with van der Waals surface area (Å²) in [5.74, 6) is 0.777. The third-order valence-electron chi connectivity index (χ3n) is 4.38. The van der Waals surface area contributed by atoms with Crippen LogP contribution in [0.1, 0.15) is 46.1 Å². The predicted molar refractivity (Wildman–Crippen MR) is 86.0 cm³/mol. The molecule has 20 heavy (non-hydrogen) atoms. The minimum atomic E-state index is 0.400. The minimum Gasteiger partial charge on any atom is -0.370 e. The van der Waals surface area contributed by atoms with Crippen LogP contribution in [0.3, 0.4) is 0 Å². The highest BCUT2D eigenvalue weighted by atomic mass is 15.2. The van der Waals surface area contributed by atoms with E-state index in [-0.39, 0.29) is 0 Å². The molecule has 0 radical (unpaired) electrons. The van der Waals surface area contributed by atoms with Gasteiger partial charge >= 0.3 is 0 Å². The zero-order chi connectivity index (χ0) is 14.6. The number of aromatic nitrogens is 1. The number of anilines is 1. The van der Waals surface area contributed by atoms with E-state index in [0.717, 1.165) is 32.1 Å². The molecule has 0 spiro atoms. The average Bonchev–Trinajstić information content (AvgIpc) is 2.89. The van der Waals surface area contributed by atoms with Gasteiger partial charge in [0.15, 0.2) is 0 Å². The lowest BCUT2D eigenvalue weighted by Gasteiger charge is -2.28. The molecule has 3 nitrogen and oxygen atoms in total. The number of pyridine rings is 1. The summed E-state index contributed by atoms with van der Waals surface area (Å²) in [4.78, 5) is 6.86. The van der Waals surface area contributed by atoms with Gasteiger partial charge in [0.2, 0.25) is 0 Å². The van der Waals surface area contributed by atoms with Gasteiger partial charge in [-0.2, -0.15) is 0 Å². The summed E-state index contributed by atoms with van der Waals surface area (Å²) in [7, 11) is 0.